The van der Waals surface area contributed by atoms with Gasteiger partial charge in [0.2, 0.25) is 0 Å². The van der Waals surface area contributed by atoms with Crippen molar-refractivity contribution in [1.29, 1.82) is 0 Å². The van der Waals surface area contributed by atoms with Crippen molar-refractivity contribution in [3.05, 3.63) is 77.8 Å². The summed E-state index contributed by atoms with van der Waals surface area (Å²) in [6, 6.07) is 17.5. The largest absolute Gasteiger partial charge is 0.465 e. The van der Waals surface area contributed by atoms with Gasteiger partial charge in [-0.3, -0.25) is 4.98 Å². The number of carbonyl (C=O) groups excluding carboxylic acids is 1. The molecule has 32 heavy (non-hydrogen) atoms. The maximum absolute atomic E-state index is 11.7. The van der Waals surface area contributed by atoms with Crippen LogP contribution < -0.4 is 5.32 Å². The number of furan rings is 1. The Morgan fingerprint density at radius 1 is 1.12 bits per heavy atom. The molecule has 0 spiro atoms. The Labute approximate surface area is 192 Å². The fourth-order valence-electron chi connectivity index (χ4n) is 4.80. The van der Waals surface area contributed by atoms with Gasteiger partial charge in [-0.25, -0.2) is 4.79 Å². The van der Waals surface area contributed by atoms with Gasteiger partial charge >= 0.3 is 5.97 Å². The number of benzene rings is 1. The molecule has 5 rings (SSSR count). The van der Waals surface area contributed by atoms with Gasteiger partial charge in [0.15, 0.2) is 5.11 Å². The average molecular weight is 448 g/mol. The molecular weight excluding hydrogens is 422 g/mol. The van der Waals surface area contributed by atoms with E-state index in [2.05, 4.69) is 15.2 Å². The second-order valence-electron chi connectivity index (χ2n) is 8.24. The highest BCUT2D eigenvalue weighted by Crippen LogP contribution is 2.44. The highest BCUT2D eigenvalue weighted by molar-refractivity contribution is 7.80. The normalized spacial score (nSPS) is 21.0. The number of pyridine rings is 1. The van der Waals surface area contributed by atoms with Crippen LogP contribution in [-0.2, 0) is 4.74 Å². The highest BCUT2D eigenvalue weighted by atomic mass is 32.1. The molecule has 2 fully saturated rings. The molecule has 1 aromatic carbocycles. The highest BCUT2D eigenvalue weighted by Gasteiger charge is 2.45. The number of hydrogen-bond acceptors (Lipinski definition) is 5. The number of carbonyl (C=O) groups is 1. The molecule has 3 heterocycles. The van der Waals surface area contributed by atoms with E-state index in [0.717, 1.165) is 40.7 Å². The van der Waals surface area contributed by atoms with Gasteiger partial charge < -0.3 is 19.4 Å². The van der Waals surface area contributed by atoms with Crippen LogP contribution in [0.15, 0.2) is 65.2 Å². The summed E-state index contributed by atoms with van der Waals surface area (Å²) in [4.78, 5) is 18.6. The van der Waals surface area contributed by atoms with Crippen molar-refractivity contribution in [2.45, 2.75) is 43.8 Å². The molecular formula is C25H25N3O3S. The van der Waals surface area contributed by atoms with Gasteiger partial charge in [-0.2, -0.15) is 0 Å². The summed E-state index contributed by atoms with van der Waals surface area (Å²) >= 11 is 5.78. The number of esters is 1. The first-order valence-corrected chi connectivity index (χ1v) is 11.3. The van der Waals surface area contributed by atoms with Crippen LogP contribution >= 0.6 is 12.2 Å². The molecule has 0 bridgehead atoms. The molecule has 1 aliphatic carbocycles. The number of aromatic nitrogens is 1. The summed E-state index contributed by atoms with van der Waals surface area (Å²) < 4.78 is 11.2. The molecule has 1 aliphatic heterocycles. The number of hydrogen-bond donors (Lipinski definition) is 1. The van der Waals surface area contributed by atoms with Crippen LogP contribution in [0.2, 0.25) is 0 Å². The van der Waals surface area contributed by atoms with Gasteiger partial charge in [-0.05, 0) is 61.5 Å². The zero-order valence-corrected chi connectivity index (χ0v) is 18.7. The lowest BCUT2D eigenvalue weighted by Crippen LogP contribution is -2.37. The van der Waals surface area contributed by atoms with Crippen LogP contribution in [0.25, 0.3) is 11.3 Å². The number of rotatable bonds is 5. The maximum Gasteiger partial charge on any atom is 0.337 e. The van der Waals surface area contributed by atoms with E-state index < -0.39 is 0 Å². The number of nitrogens with zero attached hydrogens (tertiary/aromatic N) is 2. The van der Waals surface area contributed by atoms with E-state index in [0.29, 0.717) is 11.6 Å². The summed E-state index contributed by atoms with van der Waals surface area (Å²) in [7, 11) is 1.38. The summed E-state index contributed by atoms with van der Waals surface area (Å²) in [6.45, 7) is 0. The van der Waals surface area contributed by atoms with Crippen LogP contribution in [0.4, 0.5) is 0 Å². The van der Waals surface area contributed by atoms with Crippen LogP contribution in [-0.4, -0.2) is 34.1 Å². The quantitative estimate of drug-likeness (QED) is 0.434. The van der Waals surface area contributed by atoms with E-state index in [1.165, 1.54) is 20.0 Å². The molecule has 0 amide bonds. The zero-order valence-electron chi connectivity index (χ0n) is 17.9. The summed E-state index contributed by atoms with van der Waals surface area (Å²) in [5.41, 5.74) is 2.36. The zero-order chi connectivity index (χ0) is 22.1. The standard InChI is InChI=1S/C25H25N3O3S/c1-30-24(29)17-11-9-16(10-12-17)20-13-14-21(31-20)23-22(19-8-4-5-15-26-19)27-25(32)28(23)18-6-2-3-7-18/h4-5,8-15,18,22-23H,2-3,6-7H2,1H3,(H,27,32)/t22-,23-/m0/s1. The van der Waals surface area contributed by atoms with Gasteiger partial charge in [0, 0.05) is 17.8 Å². The lowest BCUT2D eigenvalue weighted by atomic mass is 10.0. The minimum atomic E-state index is -0.354. The maximum atomic E-state index is 11.7. The van der Waals surface area contributed by atoms with E-state index in [4.69, 9.17) is 21.4 Å². The van der Waals surface area contributed by atoms with Crippen molar-refractivity contribution < 1.29 is 13.9 Å². The third-order valence-corrected chi connectivity index (χ3v) is 6.69. The second-order valence-corrected chi connectivity index (χ2v) is 8.63. The lowest BCUT2D eigenvalue weighted by molar-refractivity contribution is 0.0600. The van der Waals surface area contributed by atoms with Crippen molar-refractivity contribution in [1.82, 2.24) is 15.2 Å². The Balaban J connectivity index is 1.49. The monoisotopic (exact) mass is 447 g/mol. The predicted octanol–water partition coefficient (Wildman–Crippen LogP) is 5.04. The van der Waals surface area contributed by atoms with Crippen molar-refractivity contribution in [3.63, 3.8) is 0 Å². The number of methoxy groups -OCH3 is 1. The summed E-state index contributed by atoms with van der Waals surface area (Å²) in [5, 5.41) is 4.27. The van der Waals surface area contributed by atoms with Crippen LogP contribution in [0, 0.1) is 0 Å². The number of nitrogens with one attached hydrogen (secondary N) is 1. The second kappa shape index (κ2) is 8.74. The van der Waals surface area contributed by atoms with E-state index >= 15 is 0 Å². The van der Waals surface area contributed by atoms with Gasteiger partial charge in [-0.15, -0.1) is 0 Å². The van der Waals surface area contributed by atoms with Crippen molar-refractivity contribution >= 4 is 23.3 Å². The minimum absolute atomic E-state index is 0.0661. The topological polar surface area (TPSA) is 67.6 Å². The van der Waals surface area contributed by atoms with E-state index in [-0.39, 0.29) is 18.1 Å². The first-order valence-electron chi connectivity index (χ1n) is 10.9. The Morgan fingerprint density at radius 2 is 1.91 bits per heavy atom. The molecule has 6 nitrogen and oxygen atoms in total. The molecule has 3 aromatic rings. The van der Waals surface area contributed by atoms with Gasteiger partial charge in [0.25, 0.3) is 0 Å². The van der Waals surface area contributed by atoms with Crippen LogP contribution in [0.5, 0.6) is 0 Å². The Kier molecular flexibility index (Phi) is 5.66. The SMILES string of the molecule is COC(=O)c1ccc(-c2ccc([C@H]3[C@H](c4ccccn4)NC(=S)N3C3CCCC3)o2)cc1. The van der Waals surface area contributed by atoms with E-state index in [1.807, 2.05) is 48.7 Å². The smallest absolute Gasteiger partial charge is 0.337 e. The fourth-order valence-corrected chi connectivity index (χ4v) is 5.19. The predicted molar refractivity (Wildman–Crippen MR) is 125 cm³/mol. The summed E-state index contributed by atoms with van der Waals surface area (Å²) in [6.07, 6.45) is 6.53. The van der Waals surface area contributed by atoms with Crippen molar-refractivity contribution in [3.8, 4) is 11.3 Å². The van der Waals surface area contributed by atoms with E-state index in [1.54, 1.807) is 12.1 Å². The molecule has 0 unspecified atom stereocenters. The first kappa shape index (κ1) is 20.7. The average Bonchev–Trinajstić information content (AvgIpc) is 3.59. The third kappa shape index (κ3) is 3.77. The molecule has 2 aromatic heterocycles. The Bertz CT molecular complexity index is 1110. The molecule has 2 aliphatic rings. The molecule has 1 saturated heterocycles. The number of thiocarbonyl (C=S) groups is 1. The Hall–Kier alpha value is -3.19. The molecule has 1 N–H and O–H groups in total. The molecule has 0 radical (unpaired) electrons. The third-order valence-electron chi connectivity index (χ3n) is 6.36. The Morgan fingerprint density at radius 3 is 2.59 bits per heavy atom. The van der Waals surface area contributed by atoms with Gasteiger partial charge in [0.05, 0.1) is 24.4 Å². The minimum Gasteiger partial charge on any atom is -0.465 e. The molecule has 1 saturated carbocycles. The summed E-state index contributed by atoms with van der Waals surface area (Å²) in [5.74, 6) is 1.25. The van der Waals surface area contributed by atoms with E-state index in [9.17, 15) is 4.79 Å². The van der Waals surface area contributed by atoms with Gasteiger partial charge in [0.1, 0.15) is 17.6 Å². The van der Waals surface area contributed by atoms with Crippen LogP contribution in [0.1, 0.15) is 59.6 Å². The fraction of sp³-hybridized carbons (Fsp3) is 0.320. The van der Waals surface area contributed by atoms with Crippen molar-refractivity contribution in [2.24, 2.45) is 0 Å². The van der Waals surface area contributed by atoms with Crippen LogP contribution in [0.3, 0.4) is 0 Å². The van der Waals surface area contributed by atoms with Gasteiger partial charge in [-0.1, -0.05) is 31.0 Å². The number of ether oxygens (including phenoxy) is 1. The molecule has 7 heteroatoms. The van der Waals surface area contributed by atoms with Crippen molar-refractivity contribution in [2.75, 3.05) is 7.11 Å². The molecule has 2 atom stereocenters. The lowest BCUT2D eigenvalue weighted by Gasteiger charge is -2.31. The molecule has 164 valence electrons. The first-order chi connectivity index (χ1) is 15.7.